The summed E-state index contributed by atoms with van der Waals surface area (Å²) in [6, 6.07) is 10.1. The monoisotopic (exact) mass is 268 g/mol. The van der Waals surface area contributed by atoms with Gasteiger partial charge in [-0.05, 0) is 18.6 Å². The minimum atomic E-state index is -0.125. The predicted octanol–water partition coefficient (Wildman–Crippen LogP) is 3.40. The molecular formula is C16H28O3. The molecule has 0 unspecified atom stereocenters. The van der Waals surface area contributed by atoms with Crippen LogP contribution in [0.5, 0.6) is 5.75 Å². The van der Waals surface area contributed by atoms with Gasteiger partial charge in [-0.2, -0.15) is 0 Å². The van der Waals surface area contributed by atoms with Gasteiger partial charge in [-0.3, -0.25) is 0 Å². The van der Waals surface area contributed by atoms with Crippen LogP contribution in [-0.2, 0) is 0 Å². The zero-order chi connectivity index (χ0) is 14.2. The summed E-state index contributed by atoms with van der Waals surface area (Å²) in [6.45, 7) is 2.86. The van der Waals surface area contributed by atoms with E-state index in [2.05, 4.69) is 6.92 Å². The van der Waals surface area contributed by atoms with Crippen LogP contribution in [0.2, 0.25) is 0 Å². The lowest BCUT2D eigenvalue weighted by molar-refractivity contribution is 0.186. The topological polar surface area (TPSA) is 49.7 Å². The quantitative estimate of drug-likeness (QED) is 0.675. The summed E-state index contributed by atoms with van der Waals surface area (Å²) in [5, 5.41) is 15.2. The van der Waals surface area contributed by atoms with Gasteiger partial charge in [0.1, 0.15) is 5.75 Å². The summed E-state index contributed by atoms with van der Waals surface area (Å²) in [5.74, 6) is 0.992. The second kappa shape index (κ2) is 15.0. The Morgan fingerprint density at radius 3 is 2.00 bits per heavy atom. The van der Waals surface area contributed by atoms with Crippen molar-refractivity contribution < 1.29 is 14.9 Å². The standard InChI is InChI=1S/C14H22O.C2H6O2/c1-2-3-4-5-6-10-13-15-14-11-8-7-9-12-14;3-1-2-4/h7-9,11-12H,2-6,10,13H2,1H3;3-4H,1-2H2. The van der Waals surface area contributed by atoms with E-state index in [-0.39, 0.29) is 13.2 Å². The predicted molar refractivity (Wildman–Crippen MR) is 79.5 cm³/mol. The van der Waals surface area contributed by atoms with Gasteiger partial charge < -0.3 is 14.9 Å². The minimum Gasteiger partial charge on any atom is -0.494 e. The van der Waals surface area contributed by atoms with Crippen molar-refractivity contribution >= 4 is 0 Å². The molecule has 0 aliphatic carbocycles. The molecule has 0 aromatic heterocycles. The first-order valence-electron chi connectivity index (χ1n) is 7.24. The molecule has 0 amide bonds. The average molecular weight is 268 g/mol. The first-order chi connectivity index (χ1) is 9.35. The maximum atomic E-state index is 7.62. The molecule has 2 N–H and O–H groups in total. The van der Waals surface area contributed by atoms with Crippen molar-refractivity contribution in [2.75, 3.05) is 19.8 Å². The van der Waals surface area contributed by atoms with E-state index in [1.807, 2.05) is 30.3 Å². The summed E-state index contributed by atoms with van der Waals surface area (Å²) in [5.41, 5.74) is 0. The number of rotatable bonds is 9. The van der Waals surface area contributed by atoms with Crippen LogP contribution in [-0.4, -0.2) is 30.0 Å². The van der Waals surface area contributed by atoms with Crippen LogP contribution in [0.25, 0.3) is 0 Å². The number of aliphatic hydroxyl groups excluding tert-OH is 2. The molecule has 0 spiro atoms. The first-order valence-corrected chi connectivity index (χ1v) is 7.24. The Morgan fingerprint density at radius 1 is 0.842 bits per heavy atom. The molecule has 0 aliphatic heterocycles. The SMILES string of the molecule is CCCCCCCCOc1ccccc1.OCCO. The van der Waals surface area contributed by atoms with Crippen molar-refractivity contribution in [1.82, 2.24) is 0 Å². The van der Waals surface area contributed by atoms with Gasteiger partial charge in [0.2, 0.25) is 0 Å². The minimum absolute atomic E-state index is 0.125. The molecule has 19 heavy (non-hydrogen) atoms. The number of ether oxygens (including phenoxy) is 1. The van der Waals surface area contributed by atoms with E-state index in [1.54, 1.807) is 0 Å². The number of aliphatic hydroxyl groups is 2. The third-order valence-corrected chi connectivity index (χ3v) is 2.61. The molecule has 0 saturated carbocycles. The molecule has 0 bridgehead atoms. The van der Waals surface area contributed by atoms with E-state index < -0.39 is 0 Å². The molecule has 0 radical (unpaired) electrons. The van der Waals surface area contributed by atoms with Crippen molar-refractivity contribution in [3.05, 3.63) is 30.3 Å². The Balaban J connectivity index is 0.000000711. The van der Waals surface area contributed by atoms with Gasteiger partial charge in [-0.15, -0.1) is 0 Å². The van der Waals surface area contributed by atoms with Crippen LogP contribution in [0, 0.1) is 0 Å². The Hall–Kier alpha value is -1.06. The second-order valence-corrected chi connectivity index (χ2v) is 4.38. The van der Waals surface area contributed by atoms with Crippen molar-refractivity contribution in [3.8, 4) is 5.75 Å². The number of para-hydroxylation sites is 1. The molecule has 0 fully saturated rings. The maximum Gasteiger partial charge on any atom is 0.119 e. The largest absolute Gasteiger partial charge is 0.494 e. The zero-order valence-corrected chi connectivity index (χ0v) is 12.1. The Morgan fingerprint density at radius 2 is 1.42 bits per heavy atom. The van der Waals surface area contributed by atoms with Crippen LogP contribution in [0.15, 0.2) is 30.3 Å². The van der Waals surface area contributed by atoms with Gasteiger partial charge in [0.05, 0.1) is 19.8 Å². The summed E-state index contributed by atoms with van der Waals surface area (Å²) in [7, 11) is 0. The van der Waals surface area contributed by atoms with Crippen LogP contribution in [0.4, 0.5) is 0 Å². The number of unbranched alkanes of at least 4 members (excludes halogenated alkanes) is 5. The molecule has 1 rings (SSSR count). The molecule has 0 atom stereocenters. The Labute approximate surface area is 117 Å². The first kappa shape index (κ1) is 17.9. The summed E-state index contributed by atoms with van der Waals surface area (Å²) in [4.78, 5) is 0. The zero-order valence-electron chi connectivity index (χ0n) is 12.1. The fourth-order valence-corrected chi connectivity index (χ4v) is 1.59. The number of hydrogen-bond acceptors (Lipinski definition) is 3. The van der Waals surface area contributed by atoms with E-state index in [1.165, 1.54) is 38.5 Å². The van der Waals surface area contributed by atoms with Gasteiger partial charge in [-0.25, -0.2) is 0 Å². The van der Waals surface area contributed by atoms with Gasteiger partial charge in [-0.1, -0.05) is 57.2 Å². The summed E-state index contributed by atoms with van der Waals surface area (Å²) >= 11 is 0. The molecule has 1 aromatic rings. The number of hydrogen-bond donors (Lipinski definition) is 2. The third kappa shape index (κ3) is 13.2. The molecule has 0 aliphatic rings. The summed E-state index contributed by atoms with van der Waals surface area (Å²) < 4.78 is 5.61. The van der Waals surface area contributed by atoms with Crippen molar-refractivity contribution in [2.24, 2.45) is 0 Å². The van der Waals surface area contributed by atoms with Gasteiger partial charge >= 0.3 is 0 Å². The van der Waals surface area contributed by atoms with E-state index in [0.717, 1.165) is 12.4 Å². The summed E-state index contributed by atoms with van der Waals surface area (Å²) in [6.07, 6.45) is 7.90. The smallest absolute Gasteiger partial charge is 0.119 e. The molecular weight excluding hydrogens is 240 g/mol. The average Bonchev–Trinajstić information content (AvgIpc) is 2.48. The fourth-order valence-electron chi connectivity index (χ4n) is 1.59. The molecule has 3 heteroatoms. The van der Waals surface area contributed by atoms with Gasteiger partial charge in [0, 0.05) is 0 Å². The van der Waals surface area contributed by atoms with Crippen LogP contribution in [0.1, 0.15) is 45.4 Å². The normalized spacial score (nSPS) is 9.63. The Bertz CT molecular complexity index is 260. The van der Waals surface area contributed by atoms with E-state index >= 15 is 0 Å². The highest BCUT2D eigenvalue weighted by atomic mass is 16.5. The van der Waals surface area contributed by atoms with E-state index in [9.17, 15) is 0 Å². The second-order valence-electron chi connectivity index (χ2n) is 4.38. The molecule has 110 valence electrons. The molecule has 3 nitrogen and oxygen atoms in total. The molecule has 0 heterocycles. The lowest BCUT2D eigenvalue weighted by atomic mass is 10.1. The third-order valence-electron chi connectivity index (χ3n) is 2.61. The highest BCUT2D eigenvalue weighted by molar-refractivity contribution is 5.20. The Kier molecular flexibility index (Phi) is 14.2. The van der Waals surface area contributed by atoms with Crippen LogP contribution >= 0.6 is 0 Å². The molecule has 0 saturated heterocycles. The van der Waals surface area contributed by atoms with Gasteiger partial charge in [0.25, 0.3) is 0 Å². The lowest BCUT2D eigenvalue weighted by Gasteiger charge is -2.05. The van der Waals surface area contributed by atoms with Crippen molar-refractivity contribution in [1.29, 1.82) is 0 Å². The van der Waals surface area contributed by atoms with Crippen molar-refractivity contribution in [3.63, 3.8) is 0 Å². The highest BCUT2D eigenvalue weighted by Gasteiger charge is 1.92. The fraction of sp³-hybridized carbons (Fsp3) is 0.625. The van der Waals surface area contributed by atoms with Crippen molar-refractivity contribution in [2.45, 2.75) is 45.4 Å². The van der Waals surface area contributed by atoms with Crippen LogP contribution < -0.4 is 4.74 Å². The van der Waals surface area contributed by atoms with Crippen LogP contribution in [0.3, 0.4) is 0 Å². The maximum absolute atomic E-state index is 7.62. The highest BCUT2D eigenvalue weighted by Crippen LogP contribution is 2.10. The number of benzene rings is 1. The molecule has 1 aromatic carbocycles. The van der Waals surface area contributed by atoms with E-state index in [4.69, 9.17) is 14.9 Å². The van der Waals surface area contributed by atoms with Gasteiger partial charge in [0.15, 0.2) is 0 Å². The lowest BCUT2D eigenvalue weighted by Crippen LogP contribution is -1.96. The van der Waals surface area contributed by atoms with E-state index in [0.29, 0.717) is 0 Å².